The first-order valence-corrected chi connectivity index (χ1v) is 25.2. The number of guanidine groups is 1. The van der Waals surface area contributed by atoms with Gasteiger partial charge in [0.25, 0.3) is 0 Å². The Balaban J connectivity index is 1.30. The Hall–Kier alpha value is -2.68. The number of aliphatic hydroxyl groups is 4. The lowest BCUT2D eigenvalue weighted by atomic mass is 9.66. The van der Waals surface area contributed by atoms with Gasteiger partial charge in [0.1, 0.15) is 12.2 Å². The molecule has 3 spiro atoms. The fourth-order valence-electron chi connectivity index (χ4n) is 11.7. The van der Waals surface area contributed by atoms with Crippen LogP contribution in [0.5, 0.6) is 11.5 Å². The number of piperidine rings is 2. The fraction of sp³-hybridized carbons (Fsp3) is 0.739. The summed E-state index contributed by atoms with van der Waals surface area (Å²) in [5.74, 6) is 7.26. The number of aromatic hydroxyl groups is 1. The highest BCUT2D eigenvalue weighted by molar-refractivity contribution is 8.77. The van der Waals surface area contributed by atoms with Crippen LogP contribution in [0.3, 0.4) is 0 Å². The highest BCUT2D eigenvalue weighted by atomic mass is 33.1. The van der Waals surface area contributed by atoms with Crippen LogP contribution in [0.2, 0.25) is 0 Å². The van der Waals surface area contributed by atoms with Gasteiger partial charge in [-0.25, -0.2) is 4.99 Å². The van der Waals surface area contributed by atoms with E-state index in [4.69, 9.17) is 20.2 Å². The number of carbonyl (C=O) groups excluding carboxylic acids is 1. The molecule has 0 radical (unpaired) electrons. The number of hydrogen-bond donors (Lipinski definition) is 9. The molecular weight excluding hydrogens is 815 g/mol. The molecule has 15 heteroatoms. The van der Waals surface area contributed by atoms with Crippen molar-refractivity contribution in [2.45, 2.75) is 175 Å². The number of rotatable bonds is 2. The molecule has 8 bridgehead atoms. The predicted octanol–water partition coefficient (Wildman–Crippen LogP) is 4.48. The number of esters is 1. The molecule has 0 amide bonds. The van der Waals surface area contributed by atoms with Gasteiger partial charge in [-0.1, -0.05) is 71.3 Å². The molecule has 13 nitrogen and oxygen atoms in total. The van der Waals surface area contributed by atoms with Gasteiger partial charge < -0.3 is 56.7 Å². The molecule has 1 saturated carbocycles. The summed E-state index contributed by atoms with van der Waals surface area (Å²) in [6.45, 7) is 2.99. The van der Waals surface area contributed by atoms with Crippen molar-refractivity contribution in [3.8, 4) is 23.3 Å². The second kappa shape index (κ2) is 19.2. The van der Waals surface area contributed by atoms with Crippen molar-refractivity contribution in [3.63, 3.8) is 0 Å². The first-order valence-electron chi connectivity index (χ1n) is 22.9. The van der Waals surface area contributed by atoms with E-state index in [2.05, 4.69) is 27.8 Å². The maximum absolute atomic E-state index is 12.9. The third-order valence-corrected chi connectivity index (χ3v) is 18.0. The molecule has 2 saturated heterocycles. The summed E-state index contributed by atoms with van der Waals surface area (Å²) in [6, 6.07) is 2.66. The van der Waals surface area contributed by atoms with E-state index in [0.717, 1.165) is 83.1 Å². The number of hydrogen-bond acceptors (Lipinski definition) is 15. The molecule has 1 aromatic carbocycles. The van der Waals surface area contributed by atoms with Crippen LogP contribution in [0.25, 0.3) is 0 Å². The van der Waals surface area contributed by atoms with Crippen molar-refractivity contribution >= 4 is 33.5 Å². The second-order valence-corrected chi connectivity index (χ2v) is 21.8. The molecule has 3 aliphatic carbocycles. The predicted molar refractivity (Wildman–Crippen MR) is 239 cm³/mol. The molecule has 5 aliphatic heterocycles. The molecule has 336 valence electrons. The van der Waals surface area contributed by atoms with E-state index in [1.54, 1.807) is 6.07 Å². The SMILES string of the molecule is CC(=O)O[C@H]1C[C@@H](O)CC[C@]23C#C[C@@H]4CCC[C@@]5(C[C@@H](CCN5)Oc5cc(c(C(O)O)cc5O)C[C@@H]41)[C@H]1CC[C@H](CN1)SSCC1(CCCCC1)NC(N)=N[C@@H]2C=CC[C@@H]3O. The van der Waals surface area contributed by atoms with Crippen molar-refractivity contribution in [2.24, 2.45) is 28.0 Å². The number of phenols is 1. The van der Waals surface area contributed by atoms with Crippen LogP contribution in [-0.2, 0) is 16.0 Å². The van der Waals surface area contributed by atoms with Crippen molar-refractivity contribution in [1.82, 2.24) is 16.0 Å². The lowest BCUT2D eigenvalue weighted by Gasteiger charge is -2.49. The zero-order valence-corrected chi connectivity index (χ0v) is 37.2. The van der Waals surface area contributed by atoms with E-state index >= 15 is 0 Å². The average Bonchev–Trinajstić information content (AvgIpc) is 3.22. The number of phenolic OH excluding ortho intramolecular Hbond substituents is 1. The van der Waals surface area contributed by atoms with E-state index in [9.17, 15) is 30.3 Å². The van der Waals surface area contributed by atoms with Gasteiger partial charge in [-0.2, -0.15) is 0 Å². The number of ether oxygens (including phenoxy) is 2. The summed E-state index contributed by atoms with van der Waals surface area (Å²) in [5.41, 5.74) is 5.96. The van der Waals surface area contributed by atoms with Crippen molar-refractivity contribution in [3.05, 3.63) is 35.4 Å². The van der Waals surface area contributed by atoms with Gasteiger partial charge in [-0.05, 0) is 94.9 Å². The minimum absolute atomic E-state index is 0.122. The molecule has 3 fully saturated rings. The van der Waals surface area contributed by atoms with Crippen LogP contribution in [0.15, 0.2) is 29.3 Å². The number of nitrogens with two attached hydrogens (primary N) is 1. The molecule has 1 aromatic rings. The number of aliphatic imine (C=N–C) groups is 1. The minimum Gasteiger partial charge on any atom is -0.504 e. The standard InChI is InChI=1S/C46H67N5O8S2/c1-28(52)58-37-23-31(53)13-19-45-18-12-29-7-6-17-46(25-32(14-20-49-46)59-38-22-30(21-34(29)37)35(42(56)57)24-36(38)54)40-11-10-33(26-48-40)61-60-27-44(15-3-2-4-16-44)51-43(47)50-39(45)8-5-9-41(45)55/h5,8,22,24,29,31-34,37,39-42,48-49,53-57H,2-4,6-7,9-11,13-17,19-21,23,25-27H2,1H3,(H3,47,50,51)/t29-,31-,32+,33+,34-,37-,39+,40+,41-,45+,46+/m0/s1. The molecule has 11 atom stereocenters. The van der Waals surface area contributed by atoms with Gasteiger partial charge in [0.05, 0.1) is 23.7 Å². The van der Waals surface area contributed by atoms with E-state index in [-0.39, 0.29) is 59.5 Å². The topological polar surface area (TPSA) is 211 Å². The Morgan fingerprint density at radius 2 is 1.90 bits per heavy atom. The van der Waals surface area contributed by atoms with Gasteiger partial charge in [0, 0.05) is 71.8 Å². The maximum Gasteiger partial charge on any atom is 0.302 e. The van der Waals surface area contributed by atoms with Crippen LogP contribution in [0.4, 0.5) is 0 Å². The number of nitrogens with one attached hydrogen (secondary N) is 3. The molecule has 8 aliphatic rings. The molecule has 61 heavy (non-hydrogen) atoms. The summed E-state index contributed by atoms with van der Waals surface area (Å²) in [7, 11) is 3.90. The first-order chi connectivity index (χ1) is 29.4. The lowest BCUT2D eigenvalue weighted by Crippen LogP contribution is -2.66. The molecular formula is C46H67N5O8S2. The van der Waals surface area contributed by atoms with Gasteiger partial charge >= 0.3 is 5.97 Å². The first kappa shape index (κ1) is 44.9. The molecule has 9 rings (SSSR count). The monoisotopic (exact) mass is 881 g/mol. The van der Waals surface area contributed by atoms with Gasteiger partial charge in [-0.3, -0.25) is 4.79 Å². The minimum atomic E-state index is -1.90. The van der Waals surface area contributed by atoms with Crippen LogP contribution in [-0.4, -0.2) is 109 Å². The van der Waals surface area contributed by atoms with Crippen molar-refractivity contribution < 1.29 is 39.8 Å². The highest BCUT2D eigenvalue weighted by Crippen LogP contribution is 2.46. The summed E-state index contributed by atoms with van der Waals surface area (Å²) in [4.78, 5) is 18.0. The molecule has 0 aromatic heterocycles. The van der Waals surface area contributed by atoms with E-state index in [0.29, 0.717) is 36.0 Å². The Morgan fingerprint density at radius 3 is 2.67 bits per heavy atom. The van der Waals surface area contributed by atoms with E-state index in [1.807, 2.05) is 33.7 Å². The number of fused-ring (bicyclic) bond motifs is 8. The largest absolute Gasteiger partial charge is 0.504 e. The summed E-state index contributed by atoms with van der Waals surface area (Å²) in [6.07, 6.45) is 11.8. The lowest BCUT2D eigenvalue weighted by molar-refractivity contribution is -0.152. The Morgan fingerprint density at radius 1 is 1.07 bits per heavy atom. The zero-order valence-electron chi connectivity index (χ0n) is 35.5. The number of aliphatic hydroxyl groups excluding tert-OH is 3. The average molecular weight is 882 g/mol. The van der Waals surface area contributed by atoms with Gasteiger partial charge in [0.15, 0.2) is 23.7 Å². The smallest absolute Gasteiger partial charge is 0.302 e. The Kier molecular flexibility index (Phi) is 14.1. The van der Waals surface area contributed by atoms with Crippen LogP contribution in [0.1, 0.15) is 127 Å². The van der Waals surface area contributed by atoms with E-state index < -0.39 is 53.9 Å². The maximum atomic E-state index is 12.9. The van der Waals surface area contributed by atoms with Crippen LogP contribution < -0.4 is 26.4 Å². The Bertz CT molecular complexity index is 1840. The third kappa shape index (κ3) is 10.0. The van der Waals surface area contributed by atoms with Crippen molar-refractivity contribution in [1.29, 1.82) is 0 Å². The Labute approximate surface area is 368 Å². The van der Waals surface area contributed by atoms with Crippen LogP contribution in [0, 0.1) is 29.1 Å². The quantitative estimate of drug-likeness (QED) is 0.0660. The summed E-state index contributed by atoms with van der Waals surface area (Å²) >= 11 is 0. The summed E-state index contributed by atoms with van der Waals surface area (Å²) in [5, 5.41) is 68.8. The van der Waals surface area contributed by atoms with E-state index in [1.165, 1.54) is 19.4 Å². The van der Waals surface area contributed by atoms with Gasteiger partial charge in [-0.15, -0.1) is 0 Å². The van der Waals surface area contributed by atoms with Gasteiger partial charge in [0.2, 0.25) is 0 Å². The normalized spacial score (nSPS) is 38.1. The summed E-state index contributed by atoms with van der Waals surface area (Å²) < 4.78 is 12.8. The third-order valence-electron chi connectivity index (χ3n) is 15.0. The molecule has 0 unspecified atom stereocenters. The highest BCUT2D eigenvalue weighted by Gasteiger charge is 2.48. The fourth-order valence-corrected chi connectivity index (χ4v) is 14.9. The number of benzene rings is 1. The number of nitrogens with zero attached hydrogens (tertiary/aromatic N) is 1. The molecule has 5 heterocycles. The zero-order chi connectivity index (χ0) is 42.8. The number of carbonyl (C=O) groups is 1. The second-order valence-electron chi connectivity index (χ2n) is 19.1. The molecule has 10 N–H and O–H groups in total. The van der Waals surface area contributed by atoms with Crippen LogP contribution >= 0.6 is 21.6 Å². The van der Waals surface area contributed by atoms with Crippen molar-refractivity contribution in [2.75, 3.05) is 18.8 Å².